The van der Waals surface area contributed by atoms with Crippen LogP contribution in [0.2, 0.25) is 0 Å². The first kappa shape index (κ1) is 16.1. The third kappa shape index (κ3) is 3.51. The number of hydrogen-bond acceptors (Lipinski definition) is 6. The first-order chi connectivity index (χ1) is 12.3. The summed E-state index contributed by atoms with van der Waals surface area (Å²) in [5.74, 6) is 1.29. The van der Waals surface area contributed by atoms with Gasteiger partial charge in [-0.2, -0.15) is 0 Å². The fraction of sp³-hybridized carbons (Fsp3) is 0.500. The molecule has 1 saturated heterocycles. The van der Waals surface area contributed by atoms with Crippen molar-refractivity contribution in [2.24, 2.45) is 0 Å². The van der Waals surface area contributed by atoms with Gasteiger partial charge in [-0.3, -0.25) is 4.79 Å². The van der Waals surface area contributed by atoms with Crippen LogP contribution in [0.15, 0.2) is 29.1 Å². The maximum atomic E-state index is 12.5. The second kappa shape index (κ2) is 7.23. The second-order valence-electron chi connectivity index (χ2n) is 6.61. The van der Waals surface area contributed by atoms with Gasteiger partial charge in [0, 0.05) is 37.7 Å². The Bertz CT molecular complexity index is 731. The molecular weight excluding hydrogens is 318 g/mol. The van der Waals surface area contributed by atoms with Crippen molar-refractivity contribution in [2.75, 3.05) is 31.5 Å². The molecule has 1 fully saturated rings. The van der Waals surface area contributed by atoms with Crippen molar-refractivity contribution in [2.45, 2.75) is 31.7 Å². The van der Waals surface area contributed by atoms with Crippen LogP contribution in [0.3, 0.4) is 0 Å². The maximum absolute atomic E-state index is 12.5. The monoisotopic (exact) mass is 341 g/mol. The maximum Gasteiger partial charge on any atom is 0.289 e. The number of fused-ring (bicyclic) bond motifs is 1. The molecule has 4 heterocycles. The lowest BCUT2D eigenvalue weighted by Gasteiger charge is -2.33. The molecule has 25 heavy (non-hydrogen) atoms. The summed E-state index contributed by atoms with van der Waals surface area (Å²) in [5.41, 5.74) is 2.34. The number of rotatable bonds is 3. The fourth-order valence-corrected chi connectivity index (χ4v) is 3.63. The average molecular weight is 341 g/mol. The Kier molecular flexibility index (Phi) is 4.65. The van der Waals surface area contributed by atoms with Crippen LogP contribution in [0, 0.1) is 0 Å². The number of piperidine rings is 1. The SMILES string of the molecule is O=C(c1ccco1)N1CCC[C@@H](Nc2ncnc3c2CCNCC3)C1. The van der Waals surface area contributed by atoms with E-state index >= 15 is 0 Å². The molecule has 1 atom stereocenters. The molecule has 4 rings (SSSR count). The van der Waals surface area contributed by atoms with Gasteiger partial charge in [-0.05, 0) is 37.9 Å². The fourth-order valence-electron chi connectivity index (χ4n) is 3.63. The zero-order valence-electron chi connectivity index (χ0n) is 14.2. The van der Waals surface area contributed by atoms with E-state index in [1.165, 1.54) is 11.8 Å². The van der Waals surface area contributed by atoms with Crippen LogP contribution < -0.4 is 10.6 Å². The predicted molar refractivity (Wildman–Crippen MR) is 93.6 cm³/mol. The Morgan fingerprint density at radius 3 is 3.12 bits per heavy atom. The number of carbonyl (C=O) groups is 1. The highest BCUT2D eigenvalue weighted by Gasteiger charge is 2.27. The Morgan fingerprint density at radius 1 is 1.32 bits per heavy atom. The topological polar surface area (TPSA) is 83.3 Å². The Morgan fingerprint density at radius 2 is 2.24 bits per heavy atom. The van der Waals surface area contributed by atoms with E-state index in [2.05, 4.69) is 20.6 Å². The summed E-state index contributed by atoms with van der Waals surface area (Å²) in [7, 11) is 0. The molecule has 0 unspecified atom stereocenters. The Labute approximate surface area is 146 Å². The molecular formula is C18H23N5O2. The first-order valence-electron chi connectivity index (χ1n) is 8.94. The zero-order valence-corrected chi connectivity index (χ0v) is 14.2. The number of furan rings is 1. The number of likely N-dealkylation sites (tertiary alicyclic amines) is 1. The number of carbonyl (C=O) groups excluding carboxylic acids is 1. The van der Waals surface area contributed by atoms with Crippen molar-refractivity contribution in [3.63, 3.8) is 0 Å². The van der Waals surface area contributed by atoms with Gasteiger partial charge >= 0.3 is 0 Å². The molecule has 2 aromatic heterocycles. The van der Waals surface area contributed by atoms with Gasteiger partial charge in [-0.25, -0.2) is 9.97 Å². The molecule has 2 N–H and O–H groups in total. The van der Waals surface area contributed by atoms with E-state index in [9.17, 15) is 4.79 Å². The molecule has 0 aromatic carbocycles. The molecule has 0 saturated carbocycles. The van der Waals surface area contributed by atoms with Gasteiger partial charge in [0.15, 0.2) is 5.76 Å². The van der Waals surface area contributed by atoms with E-state index in [0.29, 0.717) is 12.3 Å². The summed E-state index contributed by atoms with van der Waals surface area (Å²) in [6.07, 6.45) is 7.04. The summed E-state index contributed by atoms with van der Waals surface area (Å²) in [4.78, 5) is 23.3. The average Bonchev–Trinajstić information content (AvgIpc) is 3.07. The summed E-state index contributed by atoms with van der Waals surface area (Å²) in [5, 5.41) is 6.97. The van der Waals surface area contributed by atoms with Gasteiger partial charge in [0.2, 0.25) is 0 Å². The normalized spacial score (nSPS) is 20.6. The molecule has 2 aliphatic rings. The first-order valence-corrected chi connectivity index (χ1v) is 8.94. The van der Waals surface area contributed by atoms with Crippen molar-refractivity contribution in [3.8, 4) is 0 Å². The number of hydrogen-bond donors (Lipinski definition) is 2. The van der Waals surface area contributed by atoms with Crippen molar-refractivity contribution in [1.82, 2.24) is 20.2 Å². The van der Waals surface area contributed by atoms with Gasteiger partial charge in [0.05, 0.1) is 12.0 Å². The predicted octanol–water partition coefficient (Wildman–Crippen LogP) is 1.47. The van der Waals surface area contributed by atoms with Gasteiger partial charge in [0.1, 0.15) is 12.1 Å². The molecule has 1 amide bonds. The highest BCUT2D eigenvalue weighted by Crippen LogP contribution is 2.22. The van der Waals surface area contributed by atoms with Gasteiger partial charge in [0.25, 0.3) is 5.91 Å². The third-order valence-electron chi connectivity index (χ3n) is 4.91. The summed E-state index contributed by atoms with van der Waals surface area (Å²) < 4.78 is 5.25. The smallest absolute Gasteiger partial charge is 0.289 e. The number of anilines is 1. The standard InChI is InChI=1S/C18H23N5O2/c24-18(16-4-2-10-25-16)23-9-1-3-13(11-23)22-17-14-5-7-19-8-6-15(14)20-12-21-17/h2,4,10,12-13,19H,1,3,5-9,11H2,(H,20,21,22)/t13-/m1/s1. The van der Waals surface area contributed by atoms with Crippen LogP contribution in [0.1, 0.15) is 34.7 Å². The summed E-state index contributed by atoms with van der Waals surface area (Å²) in [6, 6.07) is 3.66. The Balaban J connectivity index is 1.47. The van der Waals surface area contributed by atoms with Crippen molar-refractivity contribution < 1.29 is 9.21 Å². The summed E-state index contributed by atoms with van der Waals surface area (Å²) >= 11 is 0. The van der Waals surface area contributed by atoms with Crippen LogP contribution in [-0.2, 0) is 12.8 Å². The highest BCUT2D eigenvalue weighted by molar-refractivity contribution is 5.91. The lowest BCUT2D eigenvalue weighted by Crippen LogP contribution is -2.45. The van der Waals surface area contributed by atoms with Crippen LogP contribution >= 0.6 is 0 Å². The minimum atomic E-state index is -0.0396. The van der Waals surface area contributed by atoms with E-state index in [4.69, 9.17) is 4.42 Å². The molecule has 132 valence electrons. The number of aromatic nitrogens is 2. The molecule has 7 nitrogen and oxygen atoms in total. The van der Waals surface area contributed by atoms with E-state index in [1.54, 1.807) is 18.5 Å². The largest absolute Gasteiger partial charge is 0.459 e. The highest BCUT2D eigenvalue weighted by atomic mass is 16.3. The van der Waals surface area contributed by atoms with E-state index in [-0.39, 0.29) is 11.9 Å². The minimum Gasteiger partial charge on any atom is -0.459 e. The van der Waals surface area contributed by atoms with Crippen LogP contribution in [0.25, 0.3) is 0 Å². The quantitative estimate of drug-likeness (QED) is 0.880. The van der Waals surface area contributed by atoms with Gasteiger partial charge < -0.3 is 20.0 Å². The molecule has 0 bridgehead atoms. The number of nitrogens with zero attached hydrogens (tertiary/aromatic N) is 3. The van der Waals surface area contributed by atoms with Crippen LogP contribution in [-0.4, -0.2) is 53.0 Å². The molecule has 0 aliphatic carbocycles. The number of nitrogens with one attached hydrogen (secondary N) is 2. The van der Waals surface area contributed by atoms with Crippen LogP contribution in [0.5, 0.6) is 0 Å². The van der Waals surface area contributed by atoms with Crippen molar-refractivity contribution >= 4 is 11.7 Å². The molecule has 2 aromatic rings. The Hall–Kier alpha value is -2.41. The van der Waals surface area contributed by atoms with E-state index in [1.807, 2.05) is 4.90 Å². The van der Waals surface area contributed by atoms with E-state index < -0.39 is 0 Å². The molecule has 7 heteroatoms. The van der Waals surface area contributed by atoms with Gasteiger partial charge in [-0.1, -0.05) is 0 Å². The van der Waals surface area contributed by atoms with Gasteiger partial charge in [-0.15, -0.1) is 0 Å². The summed E-state index contributed by atoms with van der Waals surface area (Å²) in [6.45, 7) is 3.33. The van der Waals surface area contributed by atoms with Crippen molar-refractivity contribution in [1.29, 1.82) is 0 Å². The second-order valence-corrected chi connectivity index (χ2v) is 6.61. The molecule has 0 spiro atoms. The zero-order chi connectivity index (χ0) is 17.1. The third-order valence-corrected chi connectivity index (χ3v) is 4.91. The molecule has 0 radical (unpaired) electrons. The van der Waals surface area contributed by atoms with Crippen molar-refractivity contribution in [3.05, 3.63) is 41.7 Å². The molecule has 2 aliphatic heterocycles. The minimum absolute atomic E-state index is 0.0396. The lowest BCUT2D eigenvalue weighted by molar-refractivity contribution is 0.0682. The lowest BCUT2D eigenvalue weighted by atomic mass is 10.0. The number of amides is 1. The van der Waals surface area contributed by atoms with Crippen LogP contribution in [0.4, 0.5) is 5.82 Å². The van der Waals surface area contributed by atoms with E-state index in [0.717, 1.165) is 56.8 Å².